The molecule has 0 spiro atoms. The molecule has 0 radical (unpaired) electrons. The summed E-state index contributed by atoms with van der Waals surface area (Å²) in [6.07, 6.45) is 0. The summed E-state index contributed by atoms with van der Waals surface area (Å²) in [5.74, 6) is 0.132. The number of fused-ring (bicyclic) bond motifs is 1. The molecule has 0 unspecified atom stereocenters. The number of furan rings is 1. The van der Waals surface area contributed by atoms with Crippen molar-refractivity contribution >= 4 is 39.0 Å². The predicted octanol–water partition coefficient (Wildman–Crippen LogP) is 5.48. The van der Waals surface area contributed by atoms with Gasteiger partial charge in [-0.05, 0) is 32.0 Å². The first-order valence-corrected chi connectivity index (χ1v) is 8.83. The Labute approximate surface area is 149 Å². The molecule has 4 rings (SSSR count). The van der Waals surface area contributed by atoms with Gasteiger partial charge in [0.15, 0.2) is 10.9 Å². The number of benzene rings is 2. The fourth-order valence-electron chi connectivity index (χ4n) is 2.82. The van der Waals surface area contributed by atoms with Crippen LogP contribution < -0.4 is 4.90 Å². The zero-order valence-electron chi connectivity index (χ0n) is 13.9. The van der Waals surface area contributed by atoms with Gasteiger partial charge in [0.05, 0.1) is 11.4 Å². The van der Waals surface area contributed by atoms with Crippen molar-refractivity contribution in [2.75, 3.05) is 4.90 Å². The number of anilines is 2. The van der Waals surface area contributed by atoms with E-state index in [9.17, 15) is 4.79 Å². The molecule has 1 amide bonds. The molecule has 4 nitrogen and oxygen atoms in total. The number of carbonyl (C=O) groups is 1. The molecule has 0 aliphatic carbocycles. The number of hydrogen-bond donors (Lipinski definition) is 0. The molecule has 0 atom stereocenters. The fraction of sp³-hybridized carbons (Fsp3) is 0.100. The van der Waals surface area contributed by atoms with Gasteiger partial charge in [0, 0.05) is 16.3 Å². The zero-order valence-corrected chi connectivity index (χ0v) is 14.7. The maximum absolute atomic E-state index is 13.3. The first kappa shape index (κ1) is 15.6. The SMILES string of the molecule is Cc1csc(N(C(=O)c2oc3ccccc3c2C)c2ccccc2)n1. The van der Waals surface area contributed by atoms with Gasteiger partial charge >= 0.3 is 5.91 Å². The molecule has 4 aromatic rings. The minimum atomic E-state index is -0.214. The highest BCUT2D eigenvalue weighted by Gasteiger charge is 2.27. The number of thiazole rings is 1. The third-order valence-corrected chi connectivity index (χ3v) is 5.00. The van der Waals surface area contributed by atoms with E-state index in [0.717, 1.165) is 22.3 Å². The van der Waals surface area contributed by atoms with E-state index in [-0.39, 0.29) is 5.91 Å². The van der Waals surface area contributed by atoms with Gasteiger partial charge in [-0.2, -0.15) is 0 Å². The Balaban J connectivity index is 1.86. The quantitative estimate of drug-likeness (QED) is 0.492. The summed E-state index contributed by atoms with van der Waals surface area (Å²) in [7, 11) is 0. The van der Waals surface area contributed by atoms with E-state index in [1.54, 1.807) is 4.90 Å². The Morgan fingerprint density at radius 2 is 1.76 bits per heavy atom. The molecule has 25 heavy (non-hydrogen) atoms. The summed E-state index contributed by atoms with van der Waals surface area (Å²) < 4.78 is 5.88. The lowest BCUT2D eigenvalue weighted by atomic mass is 10.1. The Morgan fingerprint density at radius 1 is 1.04 bits per heavy atom. The first-order valence-electron chi connectivity index (χ1n) is 7.95. The highest BCUT2D eigenvalue weighted by Crippen LogP contribution is 2.33. The molecular weight excluding hydrogens is 332 g/mol. The largest absolute Gasteiger partial charge is 0.451 e. The van der Waals surface area contributed by atoms with E-state index in [1.807, 2.05) is 73.8 Å². The van der Waals surface area contributed by atoms with E-state index in [1.165, 1.54) is 11.3 Å². The van der Waals surface area contributed by atoms with Crippen LogP contribution in [-0.2, 0) is 0 Å². The third-order valence-electron chi connectivity index (χ3n) is 4.05. The smallest absolute Gasteiger partial charge is 0.300 e. The van der Waals surface area contributed by atoms with Crippen LogP contribution in [0.3, 0.4) is 0 Å². The predicted molar refractivity (Wildman–Crippen MR) is 101 cm³/mol. The molecule has 5 heteroatoms. The zero-order chi connectivity index (χ0) is 17.4. The molecule has 0 N–H and O–H groups in total. The highest BCUT2D eigenvalue weighted by molar-refractivity contribution is 7.14. The molecule has 0 bridgehead atoms. The van der Waals surface area contributed by atoms with Gasteiger partial charge in [-0.25, -0.2) is 9.88 Å². The molecule has 124 valence electrons. The van der Waals surface area contributed by atoms with Crippen molar-refractivity contribution in [3.63, 3.8) is 0 Å². The van der Waals surface area contributed by atoms with Gasteiger partial charge in [-0.3, -0.25) is 4.79 Å². The van der Waals surface area contributed by atoms with Crippen molar-refractivity contribution in [3.8, 4) is 0 Å². The van der Waals surface area contributed by atoms with Crippen molar-refractivity contribution < 1.29 is 9.21 Å². The van der Waals surface area contributed by atoms with Gasteiger partial charge in [-0.1, -0.05) is 36.4 Å². The van der Waals surface area contributed by atoms with Crippen LogP contribution in [0.25, 0.3) is 11.0 Å². The number of nitrogens with zero attached hydrogens (tertiary/aromatic N) is 2. The minimum absolute atomic E-state index is 0.214. The molecule has 0 saturated heterocycles. The summed E-state index contributed by atoms with van der Waals surface area (Å²) in [5.41, 5.74) is 3.21. The van der Waals surface area contributed by atoms with Crippen LogP contribution in [-0.4, -0.2) is 10.9 Å². The van der Waals surface area contributed by atoms with Crippen molar-refractivity contribution in [1.29, 1.82) is 0 Å². The lowest BCUT2D eigenvalue weighted by molar-refractivity contribution is 0.0974. The first-order chi connectivity index (χ1) is 12.1. The minimum Gasteiger partial charge on any atom is -0.451 e. The molecule has 2 heterocycles. The Kier molecular flexibility index (Phi) is 3.86. The average Bonchev–Trinajstić information content (AvgIpc) is 3.20. The van der Waals surface area contributed by atoms with E-state index < -0.39 is 0 Å². The van der Waals surface area contributed by atoms with Crippen LogP contribution in [0.4, 0.5) is 10.8 Å². The number of aromatic nitrogens is 1. The Morgan fingerprint density at radius 3 is 2.44 bits per heavy atom. The lowest BCUT2D eigenvalue weighted by Crippen LogP contribution is -2.26. The molecule has 0 fully saturated rings. The normalized spacial score (nSPS) is 11.0. The summed E-state index contributed by atoms with van der Waals surface area (Å²) in [6, 6.07) is 17.2. The van der Waals surface area contributed by atoms with Crippen molar-refractivity contribution in [1.82, 2.24) is 4.98 Å². The van der Waals surface area contributed by atoms with E-state index in [0.29, 0.717) is 16.5 Å². The summed E-state index contributed by atoms with van der Waals surface area (Å²) >= 11 is 1.44. The Bertz CT molecular complexity index is 1050. The molecule has 0 aliphatic rings. The number of carbonyl (C=O) groups excluding carboxylic acids is 1. The number of para-hydroxylation sites is 2. The second-order valence-electron chi connectivity index (χ2n) is 5.80. The van der Waals surface area contributed by atoms with Gasteiger partial charge in [-0.15, -0.1) is 11.3 Å². The second-order valence-corrected chi connectivity index (χ2v) is 6.64. The van der Waals surface area contributed by atoms with Crippen molar-refractivity contribution in [2.45, 2.75) is 13.8 Å². The lowest BCUT2D eigenvalue weighted by Gasteiger charge is -2.19. The van der Waals surface area contributed by atoms with E-state index in [4.69, 9.17) is 4.42 Å². The summed E-state index contributed by atoms with van der Waals surface area (Å²) in [6.45, 7) is 3.83. The van der Waals surface area contributed by atoms with Gasteiger partial charge in [0.2, 0.25) is 0 Å². The topological polar surface area (TPSA) is 46.3 Å². The number of amides is 1. The molecule has 2 aromatic heterocycles. The Hall–Kier alpha value is -2.92. The maximum Gasteiger partial charge on any atom is 0.300 e. The van der Waals surface area contributed by atoms with Crippen LogP contribution in [0, 0.1) is 13.8 Å². The summed E-state index contributed by atoms with van der Waals surface area (Å²) in [5, 5.41) is 3.52. The van der Waals surface area contributed by atoms with Crippen LogP contribution in [0.1, 0.15) is 21.8 Å². The van der Waals surface area contributed by atoms with Crippen LogP contribution in [0.15, 0.2) is 64.4 Å². The number of aryl methyl sites for hydroxylation is 2. The van der Waals surface area contributed by atoms with Crippen LogP contribution >= 0.6 is 11.3 Å². The molecular formula is C20H16N2O2S. The molecule has 2 aromatic carbocycles. The number of hydrogen-bond acceptors (Lipinski definition) is 4. The standard InChI is InChI=1S/C20H16N2O2S/c1-13-12-25-20(21-13)22(15-8-4-3-5-9-15)19(23)18-14(2)16-10-6-7-11-17(16)24-18/h3-12H,1-2H3. The van der Waals surface area contributed by atoms with E-state index >= 15 is 0 Å². The maximum atomic E-state index is 13.3. The second kappa shape index (κ2) is 6.18. The van der Waals surface area contributed by atoms with Gasteiger partial charge in [0.25, 0.3) is 0 Å². The van der Waals surface area contributed by atoms with Crippen LogP contribution in [0.2, 0.25) is 0 Å². The monoisotopic (exact) mass is 348 g/mol. The summed E-state index contributed by atoms with van der Waals surface area (Å²) in [4.78, 5) is 19.5. The highest BCUT2D eigenvalue weighted by atomic mass is 32.1. The molecule has 0 saturated carbocycles. The van der Waals surface area contributed by atoms with Crippen LogP contribution in [0.5, 0.6) is 0 Å². The molecule has 0 aliphatic heterocycles. The van der Waals surface area contributed by atoms with Crippen molar-refractivity contribution in [3.05, 3.63) is 77.0 Å². The van der Waals surface area contributed by atoms with Gasteiger partial charge < -0.3 is 4.42 Å². The third kappa shape index (κ3) is 2.72. The average molecular weight is 348 g/mol. The fourth-order valence-corrected chi connectivity index (χ4v) is 3.63. The van der Waals surface area contributed by atoms with Gasteiger partial charge in [0.1, 0.15) is 5.58 Å². The van der Waals surface area contributed by atoms with E-state index in [2.05, 4.69) is 4.98 Å². The van der Waals surface area contributed by atoms with Crippen molar-refractivity contribution in [2.24, 2.45) is 0 Å². The number of rotatable bonds is 3.